The number of piperidine rings is 1. The van der Waals surface area contributed by atoms with Crippen LogP contribution in [0, 0.1) is 35.1 Å². The van der Waals surface area contributed by atoms with Crippen molar-refractivity contribution in [3.8, 4) is 11.1 Å². The third-order valence-electron chi connectivity index (χ3n) is 21.1. The van der Waals surface area contributed by atoms with Crippen molar-refractivity contribution in [2.45, 2.75) is 226 Å². The number of likely N-dealkylation sites (tertiary alicyclic amines) is 2. The number of nitrogens with one attached hydrogen (secondary N) is 4. The Labute approximate surface area is 630 Å². The van der Waals surface area contributed by atoms with Crippen molar-refractivity contribution >= 4 is 81.6 Å². The van der Waals surface area contributed by atoms with E-state index in [4.69, 9.17) is 43.1 Å². The number of esters is 2. The lowest BCUT2D eigenvalue weighted by atomic mass is 9.86. The number of hydrogen-bond acceptors (Lipinski definition) is 19. The molecular formula is C78H100F4N12O15. The second-order valence-electron chi connectivity index (χ2n) is 31.3. The summed E-state index contributed by atoms with van der Waals surface area (Å²) in [6.07, 6.45) is -1.05. The maximum absolute atomic E-state index is 18.9. The molecule has 4 aromatic carbocycles. The third-order valence-corrected chi connectivity index (χ3v) is 21.1. The normalized spacial score (nSPS) is 19.4. The van der Waals surface area contributed by atoms with Gasteiger partial charge in [-0.05, 0) is 171 Å². The fourth-order valence-corrected chi connectivity index (χ4v) is 15.7. The van der Waals surface area contributed by atoms with Gasteiger partial charge in [0.1, 0.15) is 64.3 Å². The van der Waals surface area contributed by atoms with Crippen LogP contribution in [0.25, 0.3) is 33.2 Å². The fraction of sp³-hybridized carbons (Fsp3) is 0.564. The van der Waals surface area contributed by atoms with Gasteiger partial charge in [0, 0.05) is 56.5 Å². The van der Waals surface area contributed by atoms with Gasteiger partial charge in [0.15, 0.2) is 25.1 Å². The minimum atomic E-state index is -1.24. The Hall–Kier alpha value is -9.94. The van der Waals surface area contributed by atoms with Crippen molar-refractivity contribution in [2.75, 3.05) is 57.3 Å². The first-order valence-corrected chi connectivity index (χ1v) is 37.3. The molecule has 0 unspecified atom stereocenters. The number of anilines is 2. The molecule has 0 aliphatic carbocycles. The molecule has 9 atom stereocenters. The maximum atomic E-state index is 18.9. The number of carbonyl (C=O) groups is 8. The van der Waals surface area contributed by atoms with Gasteiger partial charge in [-0.25, -0.2) is 56.3 Å². The number of benzene rings is 4. The van der Waals surface area contributed by atoms with Gasteiger partial charge in [0.25, 0.3) is 0 Å². The Kier molecular flexibility index (Phi) is 24.0. The van der Waals surface area contributed by atoms with Crippen molar-refractivity contribution in [3.63, 3.8) is 0 Å². The van der Waals surface area contributed by atoms with Crippen LogP contribution in [0.5, 0.6) is 0 Å². The van der Waals surface area contributed by atoms with Crippen molar-refractivity contribution in [3.05, 3.63) is 106 Å². The molecule has 109 heavy (non-hydrogen) atoms. The molecule has 590 valence electrons. The van der Waals surface area contributed by atoms with Crippen LogP contribution in [0.15, 0.2) is 54.6 Å². The first kappa shape index (κ1) is 80.1. The van der Waals surface area contributed by atoms with E-state index in [1.807, 2.05) is 4.90 Å². The SMILES string of the molecule is CC[C@H](NC(=O)OC)C(=O)N1CCC[C@H]1c1nc2cc([C@H]3CC[C@@H]4c5cc6c(cc5-c5c(cc(F)c(N7CCC(c8ccc(F)cc8)CC7)c5F)N34)nc([C@@H]3CCCN3C(=O)[C@@H](NC(=O)OC)[C@@H](C)OC)n6COC(=O)[C@@H](NC(=O)OC(C)(C)C)C(C)C)c(F)cc2n1COC(=O)[C@@H](NC(=O)OC(C)(C)C)C(C)C. The zero-order chi connectivity index (χ0) is 79.0. The highest BCUT2D eigenvalue weighted by atomic mass is 19.1. The van der Waals surface area contributed by atoms with Gasteiger partial charge in [-0.1, -0.05) is 46.8 Å². The quantitative estimate of drug-likeness (QED) is 0.0279. The average molecular weight is 1520 g/mol. The fourth-order valence-electron chi connectivity index (χ4n) is 15.7. The molecule has 0 spiro atoms. The topological polar surface area (TPSA) is 298 Å². The molecule has 6 aromatic rings. The lowest BCUT2D eigenvalue weighted by molar-refractivity contribution is -0.152. The van der Waals surface area contributed by atoms with Gasteiger partial charge in [-0.3, -0.25) is 18.7 Å². The van der Waals surface area contributed by atoms with Crippen LogP contribution in [-0.2, 0) is 65.8 Å². The standard InChI is InChI=1S/C78H100F4N12O15/c1-16-51(85-73(99)104-14)69(95)90-29-17-19-56(90)67-84-53-34-48(49(80)36-59(53)93(67)39-107-72(98)64(41(4)5)87-76(102)109-78(10,11)12)55-26-25-54-46-35-58-52(33-47(46)61-60(94(54)55)37-50(81)66(62(61)82)89-31-27-44(28-32-89)43-21-23-45(79)24-22-43)83-68(57-20-18-30-91(57)70(96)65(42(6)103-13)88-74(100)105-15)92(58)38-106-71(97)63(40(2)3)86-75(101)108-77(7,8)9/h21-24,33-37,40-42,44,51,54-57,63-65H,16-20,25-32,38-39H2,1-15H3,(H,85,99)(H,86,101)(H,87,102)(H,88,100)/t42-,51+,54-,55-,56+,57+,63+,64+,65+/m1/s1. The van der Waals surface area contributed by atoms with Gasteiger partial charge in [0.2, 0.25) is 11.8 Å². The first-order chi connectivity index (χ1) is 51.6. The second kappa shape index (κ2) is 32.7. The van der Waals surface area contributed by atoms with Gasteiger partial charge in [-0.2, -0.15) is 0 Å². The highest BCUT2D eigenvalue weighted by Crippen LogP contribution is 2.58. The number of ether oxygens (including phenoxy) is 7. The van der Waals surface area contributed by atoms with Gasteiger partial charge in [0.05, 0.1) is 72.2 Å². The predicted octanol–water partition coefficient (Wildman–Crippen LogP) is 12.7. The smallest absolute Gasteiger partial charge is 0.408 e. The summed E-state index contributed by atoms with van der Waals surface area (Å²) in [5.74, 6) is -6.25. The van der Waals surface area contributed by atoms with E-state index in [-0.39, 0.29) is 102 Å². The summed E-state index contributed by atoms with van der Waals surface area (Å²) in [6.45, 7) is 20.0. The van der Waals surface area contributed by atoms with Crippen LogP contribution in [-0.4, -0.2) is 166 Å². The monoisotopic (exact) mass is 1520 g/mol. The Bertz CT molecular complexity index is 4430. The molecule has 6 amide bonds. The number of imidazole rings is 2. The van der Waals surface area contributed by atoms with Crippen LogP contribution >= 0.6 is 0 Å². The summed E-state index contributed by atoms with van der Waals surface area (Å²) < 4.78 is 111. The van der Waals surface area contributed by atoms with E-state index in [0.717, 1.165) is 12.7 Å². The van der Waals surface area contributed by atoms with Crippen LogP contribution in [0.4, 0.5) is 48.1 Å². The molecule has 27 nitrogen and oxygen atoms in total. The van der Waals surface area contributed by atoms with Gasteiger partial charge in [-0.15, -0.1) is 0 Å². The van der Waals surface area contributed by atoms with Crippen LogP contribution < -0.4 is 31.1 Å². The number of alkyl carbamates (subject to hydrolysis) is 4. The number of methoxy groups -OCH3 is 3. The molecular weight excluding hydrogens is 1420 g/mol. The highest BCUT2D eigenvalue weighted by molar-refractivity contribution is 5.95. The number of hydrogen-bond donors (Lipinski definition) is 4. The summed E-state index contributed by atoms with van der Waals surface area (Å²) in [6, 6.07) is 5.67. The maximum Gasteiger partial charge on any atom is 0.408 e. The molecule has 0 radical (unpaired) electrons. The Morgan fingerprint density at radius 1 is 0.550 bits per heavy atom. The molecule has 4 fully saturated rings. The summed E-state index contributed by atoms with van der Waals surface area (Å²) in [5, 5.41) is 10.5. The molecule has 0 saturated carbocycles. The average Bonchev–Trinajstić information content (AvgIpc) is 1.65. The largest absolute Gasteiger partial charge is 0.453 e. The summed E-state index contributed by atoms with van der Waals surface area (Å²) >= 11 is 0. The summed E-state index contributed by atoms with van der Waals surface area (Å²) in [7, 11) is 3.74. The van der Waals surface area contributed by atoms with E-state index in [1.54, 1.807) is 133 Å². The first-order valence-electron chi connectivity index (χ1n) is 37.3. The van der Waals surface area contributed by atoms with Crippen LogP contribution in [0.3, 0.4) is 0 Å². The number of rotatable bonds is 22. The highest BCUT2D eigenvalue weighted by Gasteiger charge is 2.47. The van der Waals surface area contributed by atoms with Crippen molar-refractivity contribution in [1.29, 1.82) is 0 Å². The number of amides is 6. The van der Waals surface area contributed by atoms with E-state index >= 15 is 13.2 Å². The Balaban J connectivity index is 1.06. The molecule has 5 aliphatic heterocycles. The van der Waals surface area contributed by atoms with E-state index in [0.29, 0.717) is 55.2 Å². The number of fused-ring (bicyclic) bond motifs is 8. The zero-order valence-corrected chi connectivity index (χ0v) is 64.4. The van der Waals surface area contributed by atoms with E-state index in [1.165, 1.54) is 43.1 Å². The van der Waals surface area contributed by atoms with Crippen LogP contribution in [0.2, 0.25) is 0 Å². The summed E-state index contributed by atoms with van der Waals surface area (Å²) in [5.41, 5.74) is 0.702. The lowest BCUT2D eigenvalue weighted by Crippen LogP contribution is -2.54. The van der Waals surface area contributed by atoms with Crippen molar-refractivity contribution < 1.29 is 89.1 Å². The van der Waals surface area contributed by atoms with Crippen molar-refractivity contribution in [2.24, 2.45) is 11.8 Å². The van der Waals surface area contributed by atoms with Crippen LogP contribution in [0.1, 0.15) is 199 Å². The Morgan fingerprint density at radius 2 is 1.05 bits per heavy atom. The van der Waals surface area contributed by atoms with Crippen molar-refractivity contribution in [1.82, 2.24) is 50.2 Å². The molecule has 0 bridgehead atoms. The van der Waals surface area contributed by atoms with E-state index in [9.17, 15) is 42.7 Å². The van der Waals surface area contributed by atoms with E-state index < -0.39 is 162 Å². The molecule has 2 aromatic heterocycles. The molecule has 7 heterocycles. The number of nitrogens with zero attached hydrogens (tertiary/aromatic N) is 8. The minimum absolute atomic E-state index is 0.0237. The number of carbonyl (C=O) groups excluding carboxylic acids is 8. The zero-order valence-electron chi connectivity index (χ0n) is 64.4. The molecule has 11 rings (SSSR count). The third kappa shape index (κ3) is 16.9. The van der Waals surface area contributed by atoms with Gasteiger partial charge < -0.3 is 74.0 Å². The van der Waals surface area contributed by atoms with E-state index in [2.05, 4.69) is 21.3 Å². The van der Waals surface area contributed by atoms with Gasteiger partial charge >= 0.3 is 36.3 Å². The minimum Gasteiger partial charge on any atom is -0.453 e. The molecule has 5 aliphatic rings. The molecule has 4 saturated heterocycles. The second-order valence-corrected chi connectivity index (χ2v) is 31.3. The number of aromatic nitrogens is 4. The molecule has 4 N–H and O–H groups in total. The lowest BCUT2D eigenvalue weighted by Gasteiger charge is -2.41. The molecule has 31 heteroatoms. The predicted molar refractivity (Wildman–Crippen MR) is 394 cm³/mol. The number of halogens is 4. The Morgan fingerprint density at radius 3 is 1.55 bits per heavy atom. The summed E-state index contributed by atoms with van der Waals surface area (Å²) in [4.78, 5) is 127.